The maximum atomic E-state index is 6.18. The van der Waals surface area contributed by atoms with Crippen molar-refractivity contribution in [3.05, 3.63) is 34.5 Å². The second-order valence-corrected chi connectivity index (χ2v) is 6.00. The van der Waals surface area contributed by atoms with E-state index in [2.05, 4.69) is 12.2 Å². The minimum atomic E-state index is 0.785. The molecule has 3 heteroatoms. The molecule has 0 radical (unpaired) electrons. The summed E-state index contributed by atoms with van der Waals surface area (Å²) >= 11 is 6.18. The number of pyridine rings is 1. The molecule has 2 aromatic rings. The molecular formula is C17H21ClN2. The molecule has 0 saturated carbocycles. The predicted octanol–water partition coefficient (Wildman–Crippen LogP) is 4.98. The number of rotatable bonds is 3. The zero-order valence-electron chi connectivity index (χ0n) is 12.0. The summed E-state index contributed by atoms with van der Waals surface area (Å²) in [5, 5.41) is 5.58. The van der Waals surface area contributed by atoms with Gasteiger partial charge < -0.3 is 5.32 Å². The molecule has 0 fully saturated rings. The average molecular weight is 289 g/mol. The molecule has 106 valence electrons. The molecule has 1 aromatic heterocycles. The molecule has 1 aliphatic rings. The molecule has 0 amide bonds. The number of benzene rings is 1. The highest BCUT2D eigenvalue weighted by atomic mass is 35.5. The standard InChI is InChI=1S/C17H21ClN2/c1-2-10-19-17-13-6-4-3-5-7-15(13)20-16-9-8-12(18)11-14(16)17/h8-9,11H,2-7,10H2,1H3,(H,19,20). The first-order valence-corrected chi connectivity index (χ1v) is 8.02. The number of anilines is 1. The van der Waals surface area contributed by atoms with Crippen molar-refractivity contribution in [1.29, 1.82) is 0 Å². The molecule has 20 heavy (non-hydrogen) atoms. The van der Waals surface area contributed by atoms with Gasteiger partial charge in [-0.3, -0.25) is 4.98 Å². The molecule has 1 heterocycles. The fourth-order valence-electron chi connectivity index (χ4n) is 3.02. The van der Waals surface area contributed by atoms with Crippen LogP contribution < -0.4 is 5.32 Å². The maximum Gasteiger partial charge on any atom is 0.0727 e. The lowest BCUT2D eigenvalue weighted by atomic mass is 10.0. The van der Waals surface area contributed by atoms with Gasteiger partial charge in [-0.15, -0.1) is 0 Å². The lowest BCUT2D eigenvalue weighted by molar-refractivity contribution is 0.709. The molecule has 0 unspecified atom stereocenters. The lowest BCUT2D eigenvalue weighted by Crippen LogP contribution is -2.07. The topological polar surface area (TPSA) is 24.9 Å². The molecule has 0 spiro atoms. The van der Waals surface area contributed by atoms with Gasteiger partial charge in [0.1, 0.15) is 0 Å². The third kappa shape index (κ3) is 2.62. The van der Waals surface area contributed by atoms with Crippen molar-refractivity contribution >= 4 is 28.2 Å². The predicted molar refractivity (Wildman–Crippen MR) is 86.8 cm³/mol. The highest BCUT2D eigenvalue weighted by molar-refractivity contribution is 6.31. The van der Waals surface area contributed by atoms with Gasteiger partial charge in [0.15, 0.2) is 0 Å². The molecule has 0 atom stereocenters. The molecule has 1 aliphatic carbocycles. The van der Waals surface area contributed by atoms with Crippen LogP contribution >= 0.6 is 11.6 Å². The van der Waals surface area contributed by atoms with E-state index in [1.165, 1.54) is 41.6 Å². The third-order valence-electron chi connectivity index (χ3n) is 4.03. The zero-order chi connectivity index (χ0) is 13.9. The summed E-state index contributed by atoms with van der Waals surface area (Å²) in [6.07, 6.45) is 7.19. The molecule has 0 aliphatic heterocycles. The second-order valence-electron chi connectivity index (χ2n) is 5.56. The van der Waals surface area contributed by atoms with Crippen molar-refractivity contribution < 1.29 is 0 Å². The largest absolute Gasteiger partial charge is 0.384 e. The maximum absolute atomic E-state index is 6.18. The van der Waals surface area contributed by atoms with Crippen molar-refractivity contribution in [2.45, 2.75) is 45.4 Å². The van der Waals surface area contributed by atoms with E-state index in [4.69, 9.17) is 16.6 Å². The first-order valence-electron chi connectivity index (χ1n) is 7.64. The smallest absolute Gasteiger partial charge is 0.0727 e. The Bertz CT molecular complexity index is 622. The Morgan fingerprint density at radius 3 is 2.90 bits per heavy atom. The third-order valence-corrected chi connectivity index (χ3v) is 4.26. The van der Waals surface area contributed by atoms with Crippen LogP contribution in [0.1, 0.15) is 43.9 Å². The summed E-state index contributed by atoms with van der Waals surface area (Å²) in [5.74, 6) is 0. The number of aryl methyl sites for hydroxylation is 1. The number of halogens is 1. The fraction of sp³-hybridized carbons (Fsp3) is 0.471. The molecule has 0 bridgehead atoms. The summed E-state index contributed by atoms with van der Waals surface area (Å²) in [4.78, 5) is 4.89. The van der Waals surface area contributed by atoms with Crippen molar-refractivity contribution in [2.24, 2.45) is 0 Å². The van der Waals surface area contributed by atoms with E-state index >= 15 is 0 Å². The normalized spacial score (nSPS) is 14.9. The van der Waals surface area contributed by atoms with E-state index in [9.17, 15) is 0 Å². The van der Waals surface area contributed by atoms with Crippen LogP contribution in [0.4, 0.5) is 5.69 Å². The van der Waals surface area contributed by atoms with Crippen LogP contribution in [0.3, 0.4) is 0 Å². The van der Waals surface area contributed by atoms with Gasteiger partial charge in [0, 0.05) is 28.3 Å². The zero-order valence-corrected chi connectivity index (χ0v) is 12.8. The Morgan fingerprint density at radius 2 is 2.05 bits per heavy atom. The monoisotopic (exact) mass is 288 g/mol. The molecule has 3 rings (SSSR count). The Morgan fingerprint density at radius 1 is 1.20 bits per heavy atom. The number of aromatic nitrogens is 1. The van der Waals surface area contributed by atoms with Crippen molar-refractivity contribution in [2.75, 3.05) is 11.9 Å². The van der Waals surface area contributed by atoms with Crippen LogP contribution in [0.5, 0.6) is 0 Å². The summed E-state index contributed by atoms with van der Waals surface area (Å²) in [6, 6.07) is 6.02. The van der Waals surface area contributed by atoms with E-state index in [1.54, 1.807) is 0 Å². The van der Waals surface area contributed by atoms with Gasteiger partial charge in [-0.25, -0.2) is 0 Å². The summed E-state index contributed by atoms with van der Waals surface area (Å²) < 4.78 is 0. The van der Waals surface area contributed by atoms with E-state index in [1.807, 2.05) is 18.2 Å². The SMILES string of the molecule is CCCNc1c2c(nc3ccc(Cl)cc13)CCCCC2. The molecule has 1 aromatic carbocycles. The number of nitrogens with one attached hydrogen (secondary N) is 1. The van der Waals surface area contributed by atoms with Crippen LogP contribution in [-0.4, -0.2) is 11.5 Å². The van der Waals surface area contributed by atoms with Crippen molar-refractivity contribution in [1.82, 2.24) is 4.98 Å². The Labute approximate surface area is 125 Å². The fourth-order valence-corrected chi connectivity index (χ4v) is 3.20. The highest BCUT2D eigenvalue weighted by Gasteiger charge is 2.17. The Kier molecular flexibility index (Phi) is 4.11. The van der Waals surface area contributed by atoms with Gasteiger partial charge in [0.2, 0.25) is 0 Å². The van der Waals surface area contributed by atoms with Gasteiger partial charge in [-0.05, 0) is 55.9 Å². The summed E-state index contributed by atoms with van der Waals surface area (Å²) in [7, 11) is 0. The Hall–Kier alpha value is -1.28. The summed E-state index contributed by atoms with van der Waals surface area (Å²) in [6.45, 7) is 3.19. The first kappa shape index (κ1) is 13.7. The van der Waals surface area contributed by atoms with Crippen LogP contribution in [0.25, 0.3) is 10.9 Å². The second kappa shape index (κ2) is 6.01. The van der Waals surface area contributed by atoms with Gasteiger partial charge in [-0.2, -0.15) is 0 Å². The number of nitrogens with zero attached hydrogens (tertiary/aromatic N) is 1. The Balaban J connectivity index is 2.20. The highest BCUT2D eigenvalue weighted by Crippen LogP contribution is 2.34. The van der Waals surface area contributed by atoms with E-state index < -0.39 is 0 Å². The molecule has 2 nitrogen and oxygen atoms in total. The van der Waals surface area contributed by atoms with Gasteiger partial charge >= 0.3 is 0 Å². The van der Waals surface area contributed by atoms with Crippen LogP contribution in [0.15, 0.2) is 18.2 Å². The average Bonchev–Trinajstić information content (AvgIpc) is 2.69. The van der Waals surface area contributed by atoms with E-state index in [0.717, 1.165) is 36.3 Å². The van der Waals surface area contributed by atoms with E-state index in [0.29, 0.717) is 0 Å². The number of hydrogen-bond donors (Lipinski definition) is 1. The number of hydrogen-bond acceptors (Lipinski definition) is 2. The molecule has 0 saturated heterocycles. The van der Waals surface area contributed by atoms with Gasteiger partial charge in [-0.1, -0.05) is 24.9 Å². The molecule has 1 N–H and O–H groups in total. The van der Waals surface area contributed by atoms with Gasteiger partial charge in [0.25, 0.3) is 0 Å². The van der Waals surface area contributed by atoms with Crippen molar-refractivity contribution in [3.63, 3.8) is 0 Å². The quantitative estimate of drug-likeness (QED) is 0.806. The number of fused-ring (bicyclic) bond motifs is 2. The van der Waals surface area contributed by atoms with E-state index in [-0.39, 0.29) is 0 Å². The summed E-state index contributed by atoms with van der Waals surface area (Å²) in [5.41, 5.74) is 5.05. The van der Waals surface area contributed by atoms with Crippen LogP contribution in [0.2, 0.25) is 5.02 Å². The van der Waals surface area contributed by atoms with Crippen molar-refractivity contribution in [3.8, 4) is 0 Å². The van der Waals surface area contributed by atoms with Crippen LogP contribution in [0, 0.1) is 0 Å². The lowest BCUT2D eigenvalue weighted by Gasteiger charge is -2.17. The molecular weight excluding hydrogens is 268 g/mol. The van der Waals surface area contributed by atoms with Gasteiger partial charge in [0.05, 0.1) is 5.52 Å². The minimum absolute atomic E-state index is 0.785. The first-order chi connectivity index (χ1) is 9.79. The minimum Gasteiger partial charge on any atom is -0.384 e. The van der Waals surface area contributed by atoms with Crippen LogP contribution in [-0.2, 0) is 12.8 Å².